The third-order valence-electron chi connectivity index (χ3n) is 3.45. The number of nitrogens with two attached hydrogens (primary N) is 1. The Kier molecular flexibility index (Phi) is 6.81. The number of carbonyl (C=O) groups excluding carboxylic acids is 1. The van der Waals surface area contributed by atoms with Gasteiger partial charge in [-0.1, -0.05) is 25.1 Å². The Balaban J connectivity index is 0.000000956. The van der Waals surface area contributed by atoms with Gasteiger partial charge in [0.05, 0.1) is 0 Å². The normalized spacial score (nSPS) is 16.5. The van der Waals surface area contributed by atoms with Gasteiger partial charge in [-0.2, -0.15) is 0 Å². The van der Waals surface area contributed by atoms with Crippen LogP contribution in [-0.2, 0) is 4.79 Å². The van der Waals surface area contributed by atoms with Crippen LogP contribution in [0.5, 0.6) is 0 Å². The molecule has 1 aromatic rings. The number of carbonyl (C=O) groups is 1. The summed E-state index contributed by atoms with van der Waals surface area (Å²) < 4.78 is 0. The molecular formula is C16H25N3O. The highest BCUT2D eigenvalue weighted by Gasteiger charge is 2.16. The Bertz CT molecular complexity index is 420. The van der Waals surface area contributed by atoms with E-state index in [0.29, 0.717) is 0 Å². The summed E-state index contributed by atoms with van der Waals surface area (Å²) >= 11 is 0. The van der Waals surface area contributed by atoms with Gasteiger partial charge in [0.25, 0.3) is 0 Å². The van der Waals surface area contributed by atoms with E-state index < -0.39 is 0 Å². The molecule has 4 nitrogen and oxygen atoms in total. The van der Waals surface area contributed by atoms with Crippen molar-refractivity contribution in [2.24, 2.45) is 0 Å². The predicted molar refractivity (Wildman–Crippen MR) is 85.3 cm³/mol. The van der Waals surface area contributed by atoms with E-state index in [0.717, 1.165) is 38.3 Å². The number of piperazine rings is 1. The lowest BCUT2D eigenvalue weighted by Crippen LogP contribution is -2.43. The molecule has 0 aromatic heterocycles. The fourth-order valence-electron chi connectivity index (χ4n) is 2.32. The van der Waals surface area contributed by atoms with Crippen molar-refractivity contribution in [1.82, 2.24) is 9.80 Å². The number of hydrogen-bond donors (Lipinski definition) is 1. The van der Waals surface area contributed by atoms with Gasteiger partial charge in [0.2, 0.25) is 0 Å². The Morgan fingerprint density at radius 2 is 1.75 bits per heavy atom. The summed E-state index contributed by atoms with van der Waals surface area (Å²) in [5.41, 5.74) is 9.21. The van der Waals surface area contributed by atoms with E-state index in [1.165, 1.54) is 11.3 Å². The topological polar surface area (TPSA) is 49.6 Å². The molecular weight excluding hydrogens is 250 g/mol. The molecule has 0 atom stereocenters. The first-order valence-corrected chi connectivity index (χ1v) is 6.99. The Morgan fingerprint density at radius 1 is 1.20 bits per heavy atom. The summed E-state index contributed by atoms with van der Waals surface area (Å²) in [6.45, 7) is 8.67. The van der Waals surface area contributed by atoms with Crippen molar-refractivity contribution in [1.29, 1.82) is 0 Å². The average Bonchev–Trinajstić information content (AvgIpc) is 2.49. The van der Waals surface area contributed by atoms with E-state index in [-0.39, 0.29) is 0 Å². The van der Waals surface area contributed by atoms with Crippen molar-refractivity contribution in [3.63, 3.8) is 0 Å². The summed E-state index contributed by atoms with van der Waals surface area (Å²) in [5.74, 6) is 0. The number of benzene rings is 1. The second-order valence-corrected chi connectivity index (χ2v) is 4.91. The average molecular weight is 275 g/mol. The van der Waals surface area contributed by atoms with Crippen molar-refractivity contribution in [3.8, 4) is 0 Å². The summed E-state index contributed by atoms with van der Waals surface area (Å²) in [6.07, 6.45) is 3.38. The zero-order chi connectivity index (χ0) is 15.0. The summed E-state index contributed by atoms with van der Waals surface area (Å²) in [6, 6.07) is 8.20. The molecule has 0 unspecified atom stereocenters. The number of allylic oxidation sites excluding steroid dienone is 1. The standard InChI is InChI=1S/C15H23N3.CH2O/c1-3-4-15(13-5-7-14(16)8-6-13)18-11-9-17(2)10-12-18;1-2/h4-8H,3,9-12,16H2,1-2H3;1H2/b15-4-;. The molecule has 0 aliphatic carbocycles. The SMILES string of the molecule is C=O.CC/C=C(/c1ccc(N)cc1)N1CCN(C)CC1. The van der Waals surface area contributed by atoms with E-state index in [2.05, 4.69) is 42.0 Å². The van der Waals surface area contributed by atoms with Crippen molar-refractivity contribution in [2.45, 2.75) is 13.3 Å². The molecule has 1 heterocycles. The van der Waals surface area contributed by atoms with Crippen LogP contribution in [0, 0.1) is 0 Å². The first kappa shape index (κ1) is 16.2. The Labute approximate surface area is 121 Å². The van der Waals surface area contributed by atoms with E-state index in [4.69, 9.17) is 10.5 Å². The second-order valence-electron chi connectivity index (χ2n) is 4.91. The van der Waals surface area contributed by atoms with Crippen LogP contribution in [0.1, 0.15) is 18.9 Å². The highest BCUT2D eigenvalue weighted by Crippen LogP contribution is 2.22. The van der Waals surface area contributed by atoms with E-state index in [9.17, 15) is 0 Å². The van der Waals surface area contributed by atoms with Gasteiger partial charge in [0.15, 0.2) is 0 Å². The molecule has 1 aliphatic rings. The van der Waals surface area contributed by atoms with Crippen molar-refractivity contribution in [2.75, 3.05) is 39.0 Å². The van der Waals surface area contributed by atoms with E-state index in [1.807, 2.05) is 18.9 Å². The lowest BCUT2D eigenvalue weighted by atomic mass is 10.1. The van der Waals surface area contributed by atoms with Gasteiger partial charge in [-0.15, -0.1) is 0 Å². The van der Waals surface area contributed by atoms with Gasteiger partial charge < -0.3 is 20.3 Å². The number of hydrogen-bond acceptors (Lipinski definition) is 4. The molecule has 2 rings (SSSR count). The fraction of sp³-hybridized carbons (Fsp3) is 0.438. The van der Waals surface area contributed by atoms with Gasteiger partial charge in [-0.3, -0.25) is 0 Å². The fourth-order valence-corrected chi connectivity index (χ4v) is 2.32. The molecule has 4 heteroatoms. The maximum absolute atomic E-state index is 8.00. The lowest BCUT2D eigenvalue weighted by Gasteiger charge is -2.35. The number of anilines is 1. The highest BCUT2D eigenvalue weighted by atomic mass is 16.1. The summed E-state index contributed by atoms with van der Waals surface area (Å²) in [5, 5.41) is 0. The molecule has 0 bridgehead atoms. The quantitative estimate of drug-likeness (QED) is 0.858. The molecule has 110 valence electrons. The van der Waals surface area contributed by atoms with Crippen molar-refractivity contribution in [3.05, 3.63) is 35.9 Å². The maximum Gasteiger partial charge on any atom is 0.106 e. The molecule has 0 saturated carbocycles. The van der Waals surface area contributed by atoms with Crippen molar-refractivity contribution >= 4 is 18.2 Å². The number of likely N-dealkylation sites (N-methyl/N-ethyl adjacent to an activating group) is 1. The lowest BCUT2D eigenvalue weighted by molar-refractivity contribution is -0.0979. The minimum atomic E-state index is 0.827. The molecule has 0 spiro atoms. The van der Waals surface area contributed by atoms with Crippen LogP contribution in [0.25, 0.3) is 5.70 Å². The second kappa shape index (κ2) is 8.38. The minimum absolute atomic E-state index is 0.827. The molecule has 2 N–H and O–H groups in total. The van der Waals surface area contributed by atoms with E-state index >= 15 is 0 Å². The van der Waals surface area contributed by atoms with Crippen LogP contribution in [-0.4, -0.2) is 49.8 Å². The molecule has 20 heavy (non-hydrogen) atoms. The largest absolute Gasteiger partial charge is 0.399 e. The van der Waals surface area contributed by atoms with Gasteiger partial charge in [0.1, 0.15) is 6.79 Å². The first-order chi connectivity index (χ1) is 9.70. The highest BCUT2D eigenvalue weighted by molar-refractivity contribution is 5.65. The van der Waals surface area contributed by atoms with Crippen LogP contribution in [0.2, 0.25) is 0 Å². The molecule has 1 saturated heterocycles. The third-order valence-corrected chi connectivity index (χ3v) is 3.45. The third kappa shape index (κ3) is 4.38. The maximum atomic E-state index is 8.00. The molecule has 0 amide bonds. The monoisotopic (exact) mass is 275 g/mol. The first-order valence-electron chi connectivity index (χ1n) is 6.99. The molecule has 0 radical (unpaired) electrons. The van der Waals surface area contributed by atoms with Crippen LogP contribution in [0.3, 0.4) is 0 Å². The van der Waals surface area contributed by atoms with Gasteiger partial charge in [-0.25, -0.2) is 0 Å². The number of nitrogens with zero attached hydrogens (tertiary/aromatic N) is 2. The Morgan fingerprint density at radius 3 is 2.25 bits per heavy atom. The number of nitrogen functional groups attached to an aromatic ring is 1. The zero-order valence-electron chi connectivity index (χ0n) is 12.5. The van der Waals surface area contributed by atoms with Gasteiger partial charge in [-0.05, 0) is 31.2 Å². The minimum Gasteiger partial charge on any atom is -0.399 e. The zero-order valence-corrected chi connectivity index (χ0v) is 12.5. The van der Waals surface area contributed by atoms with Crippen molar-refractivity contribution < 1.29 is 4.79 Å². The molecule has 1 aromatic carbocycles. The molecule has 1 aliphatic heterocycles. The summed E-state index contributed by atoms with van der Waals surface area (Å²) in [4.78, 5) is 12.9. The Hall–Kier alpha value is -1.81. The van der Waals surface area contributed by atoms with Crippen LogP contribution < -0.4 is 5.73 Å². The smallest absolute Gasteiger partial charge is 0.106 e. The predicted octanol–water partition coefficient (Wildman–Crippen LogP) is 2.08. The number of rotatable bonds is 3. The molecule has 1 fully saturated rings. The van der Waals surface area contributed by atoms with Gasteiger partial charge >= 0.3 is 0 Å². The van der Waals surface area contributed by atoms with Crippen LogP contribution in [0.4, 0.5) is 5.69 Å². The van der Waals surface area contributed by atoms with E-state index in [1.54, 1.807) is 0 Å². The van der Waals surface area contributed by atoms with Gasteiger partial charge in [0, 0.05) is 37.6 Å². The summed E-state index contributed by atoms with van der Waals surface area (Å²) in [7, 11) is 2.18. The van der Waals surface area contributed by atoms with Crippen LogP contribution >= 0.6 is 0 Å². The van der Waals surface area contributed by atoms with Crippen LogP contribution in [0.15, 0.2) is 30.3 Å².